The molecule has 0 saturated carbocycles. The van der Waals surface area contributed by atoms with E-state index in [1.165, 1.54) is 37.4 Å². The molecule has 1 fully saturated rings. The first kappa shape index (κ1) is 6.05. The maximum absolute atomic E-state index is 5.11. The summed E-state index contributed by atoms with van der Waals surface area (Å²) in [6, 6.07) is 0. The van der Waals surface area contributed by atoms with Gasteiger partial charge in [-0.2, -0.15) is 5.06 Å². The summed E-state index contributed by atoms with van der Waals surface area (Å²) in [5.74, 6) is 0. The minimum absolute atomic E-state index is 1.20. The van der Waals surface area contributed by atoms with E-state index in [1.807, 2.05) is 0 Å². The van der Waals surface area contributed by atoms with Gasteiger partial charge in [-0.05, 0) is 19.3 Å². The van der Waals surface area contributed by atoms with Crippen molar-refractivity contribution in [2.24, 2.45) is 0 Å². The van der Waals surface area contributed by atoms with Gasteiger partial charge in [-0.1, -0.05) is 0 Å². The van der Waals surface area contributed by atoms with Gasteiger partial charge in [0, 0.05) is 0 Å². The van der Waals surface area contributed by atoms with Crippen LogP contribution in [0.3, 0.4) is 0 Å². The Hall–Kier alpha value is -0.0800. The topological polar surface area (TPSA) is 13.7 Å². The number of piperidine rings is 1. The molecular weight excluding hydrogens is 102 g/mol. The number of nitrogens with one attached hydrogen (secondary N) is 1. The number of hydrogen-bond donors (Lipinski definition) is 1. The first-order chi connectivity index (χ1) is 3.93. The van der Waals surface area contributed by atoms with Gasteiger partial charge in [-0.3, -0.25) is 0 Å². The summed E-state index contributed by atoms with van der Waals surface area (Å²) in [4.78, 5) is 5.11. The minimum Gasteiger partial charge on any atom is -0.208 e. The second-order valence-electron chi connectivity index (χ2n) is 2.30. The fraction of sp³-hybridized carbons (Fsp3) is 1.00. The molecule has 1 aliphatic rings. The van der Waals surface area contributed by atoms with Crippen molar-refractivity contribution in [1.29, 1.82) is 0 Å². The Kier molecular flexibility index (Phi) is 2.30. The molecule has 1 heterocycles. The zero-order valence-corrected chi connectivity index (χ0v) is 5.44. The Morgan fingerprint density at radius 3 is 2.12 bits per heavy atom. The van der Waals surface area contributed by atoms with Crippen molar-refractivity contribution in [2.75, 3.05) is 20.2 Å². The summed E-state index contributed by atoms with van der Waals surface area (Å²) in [7, 11) is 1.78. The molecule has 0 bridgehead atoms. The molecule has 1 saturated heterocycles. The Morgan fingerprint density at radius 1 is 1.12 bits per heavy atom. The average Bonchev–Trinajstić information content (AvgIpc) is 1.90. The molecule has 8 heavy (non-hydrogen) atoms. The largest absolute Gasteiger partial charge is 0.208 e. The quantitative estimate of drug-likeness (QED) is 0.493. The average molecular weight is 116 g/mol. The highest BCUT2D eigenvalue weighted by Gasteiger charge is 2.11. The molecule has 0 unspecified atom stereocenters. The molecule has 0 atom stereocenters. The van der Waals surface area contributed by atoms with Gasteiger partial charge in [-0.25, -0.2) is 4.84 Å². The normalized spacial score (nSPS) is 23.6. The van der Waals surface area contributed by atoms with Gasteiger partial charge in [0.1, 0.15) is 13.1 Å². The maximum atomic E-state index is 5.11. The van der Waals surface area contributed by atoms with Crippen LogP contribution < -0.4 is 5.06 Å². The van der Waals surface area contributed by atoms with Crippen molar-refractivity contribution in [3.8, 4) is 0 Å². The van der Waals surface area contributed by atoms with Crippen molar-refractivity contribution in [2.45, 2.75) is 19.3 Å². The van der Waals surface area contributed by atoms with Crippen LogP contribution in [0.5, 0.6) is 0 Å². The number of rotatable bonds is 1. The lowest BCUT2D eigenvalue weighted by Crippen LogP contribution is -3.11. The predicted molar refractivity (Wildman–Crippen MR) is 31.6 cm³/mol. The molecule has 0 aromatic rings. The summed E-state index contributed by atoms with van der Waals surface area (Å²) in [5.41, 5.74) is 0. The zero-order valence-electron chi connectivity index (χ0n) is 5.44. The van der Waals surface area contributed by atoms with E-state index in [2.05, 4.69) is 0 Å². The predicted octanol–water partition coefficient (Wildman–Crippen LogP) is -0.383. The van der Waals surface area contributed by atoms with Gasteiger partial charge in [-0.15, -0.1) is 0 Å². The second kappa shape index (κ2) is 3.05. The second-order valence-corrected chi connectivity index (χ2v) is 2.30. The lowest BCUT2D eigenvalue weighted by atomic mass is 10.2. The third-order valence-electron chi connectivity index (χ3n) is 1.70. The van der Waals surface area contributed by atoms with Crippen LogP contribution in [-0.2, 0) is 4.84 Å². The summed E-state index contributed by atoms with van der Waals surface area (Å²) >= 11 is 0. The molecule has 0 radical (unpaired) electrons. The van der Waals surface area contributed by atoms with Gasteiger partial charge in [0.15, 0.2) is 0 Å². The molecule has 0 aliphatic carbocycles. The van der Waals surface area contributed by atoms with Gasteiger partial charge >= 0.3 is 0 Å². The zero-order chi connectivity index (χ0) is 5.82. The van der Waals surface area contributed by atoms with E-state index in [9.17, 15) is 0 Å². The Labute approximate surface area is 50.4 Å². The van der Waals surface area contributed by atoms with Gasteiger partial charge < -0.3 is 0 Å². The van der Waals surface area contributed by atoms with Crippen molar-refractivity contribution in [3.05, 3.63) is 0 Å². The van der Waals surface area contributed by atoms with Gasteiger partial charge in [0.2, 0.25) is 0 Å². The van der Waals surface area contributed by atoms with Crippen LogP contribution >= 0.6 is 0 Å². The third-order valence-corrected chi connectivity index (χ3v) is 1.70. The number of hydroxylamine groups is 2. The standard InChI is InChI=1S/C6H13NO/c1-8-7-5-3-2-4-6-7/h2-6H2,1H3/p+1. The molecular formula is C6H14NO+. The molecule has 0 aromatic carbocycles. The SMILES string of the molecule is CO[NH+]1CCCCC1. The minimum atomic E-state index is 1.20. The highest BCUT2D eigenvalue weighted by Crippen LogP contribution is 1.93. The van der Waals surface area contributed by atoms with E-state index >= 15 is 0 Å². The van der Waals surface area contributed by atoms with Crippen LogP contribution in [0.25, 0.3) is 0 Å². The van der Waals surface area contributed by atoms with Crippen LogP contribution in [0.2, 0.25) is 0 Å². The van der Waals surface area contributed by atoms with Crippen molar-refractivity contribution in [1.82, 2.24) is 0 Å². The number of hydrogen-bond acceptors (Lipinski definition) is 1. The Bertz CT molecular complexity index is 59.5. The van der Waals surface area contributed by atoms with E-state index < -0.39 is 0 Å². The van der Waals surface area contributed by atoms with Crippen LogP contribution in [-0.4, -0.2) is 20.2 Å². The van der Waals surface area contributed by atoms with Crippen molar-refractivity contribution < 1.29 is 9.90 Å². The Morgan fingerprint density at radius 2 is 1.75 bits per heavy atom. The fourth-order valence-electron chi connectivity index (χ4n) is 1.15. The summed E-state index contributed by atoms with van der Waals surface area (Å²) in [6.45, 7) is 2.41. The third kappa shape index (κ3) is 1.46. The molecule has 0 amide bonds. The molecule has 48 valence electrons. The van der Waals surface area contributed by atoms with Crippen LogP contribution in [0, 0.1) is 0 Å². The van der Waals surface area contributed by atoms with E-state index in [-0.39, 0.29) is 0 Å². The lowest BCUT2D eigenvalue weighted by molar-refractivity contribution is -1.09. The smallest absolute Gasteiger partial charge is 0.107 e. The monoisotopic (exact) mass is 116 g/mol. The van der Waals surface area contributed by atoms with Gasteiger partial charge in [0.05, 0.1) is 7.11 Å². The van der Waals surface area contributed by atoms with E-state index in [4.69, 9.17) is 4.84 Å². The highest BCUT2D eigenvalue weighted by molar-refractivity contribution is 4.41. The summed E-state index contributed by atoms with van der Waals surface area (Å²) in [6.07, 6.45) is 4.07. The molecule has 2 heteroatoms. The van der Waals surface area contributed by atoms with E-state index in [0.717, 1.165) is 0 Å². The Balaban J connectivity index is 2.13. The first-order valence-corrected chi connectivity index (χ1v) is 3.32. The maximum Gasteiger partial charge on any atom is 0.107 e. The summed E-state index contributed by atoms with van der Waals surface area (Å²) in [5, 5.41) is 1.30. The lowest BCUT2D eigenvalue weighted by Gasteiger charge is -2.18. The highest BCUT2D eigenvalue weighted by atomic mass is 16.7. The molecule has 2 nitrogen and oxygen atoms in total. The van der Waals surface area contributed by atoms with Gasteiger partial charge in [0.25, 0.3) is 0 Å². The molecule has 1 N–H and O–H groups in total. The fourth-order valence-corrected chi connectivity index (χ4v) is 1.15. The van der Waals surface area contributed by atoms with Crippen molar-refractivity contribution >= 4 is 0 Å². The van der Waals surface area contributed by atoms with Crippen LogP contribution in [0.15, 0.2) is 0 Å². The molecule has 0 spiro atoms. The molecule has 1 aliphatic heterocycles. The first-order valence-electron chi connectivity index (χ1n) is 3.32. The summed E-state index contributed by atoms with van der Waals surface area (Å²) < 4.78 is 0. The number of quaternary nitrogens is 1. The van der Waals surface area contributed by atoms with Crippen LogP contribution in [0.1, 0.15) is 19.3 Å². The van der Waals surface area contributed by atoms with Crippen molar-refractivity contribution in [3.63, 3.8) is 0 Å². The van der Waals surface area contributed by atoms with E-state index in [1.54, 1.807) is 7.11 Å². The molecule has 1 rings (SSSR count). The van der Waals surface area contributed by atoms with E-state index in [0.29, 0.717) is 0 Å². The van der Waals surface area contributed by atoms with Crippen LogP contribution in [0.4, 0.5) is 0 Å². The molecule has 0 aromatic heterocycles.